The molecule has 0 spiro atoms. The quantitative estimate of drug-likeness (QED) is 0.888. The zero-order valence-corrected chi connectivity index (χ0v) is 14.5. The number of nitrogens with one attached hydrogen (secondary N) is 1. The van der Waals surface area contributed by atoms with E-state index in [2.05, 4.69) is 43.4 Å². The number of aromatic nitrogens is 1. The molecule has 1 aliphatic rings. The molecule has 0 aliphatic carbocycles. The predicted molar refractivity (Wildman–Crippen MR) is 95.0 cm³/mol. The Hall–Kier alpha value is -1.19. The molecule has 1 saturated heterocycles. The first-order valence-electron chi connectivity index (χ1n) is 8.57. The first kappa shape index (κ1) is 15.7. The van der Waals surface area contributed by atoms with Crippen LogP contribution in [0.15, 0.2) is 24.3 Å². The van der Waals surface area contributed by atoms with Gasteiger partial charge in [-0.05, 0) is 55.8 Å². The molecule has 1 fully saturated rings. The van der Waals surface area contributed by atoms with Gasteiger partial charge in [-0.3, -0.25) is 0 Å². The fourth-order valence-corrected chi connectivity index (χ4v) is 4.57. The molecule has 1 aromatic carbocycles. The van der Waals surface area contributed by atoms with E-state index in [-0.39, 0.29) is 0 Å². The average molecular weight is 314 g/mol. The number of hydrogen-bond donors (Lipinski definition) is 1. The van der Waals surface area contributed by atoms with Gasteiger partial charge in [-0.25, -0.2) is 4.98 Å². The Kier molecular flexibility index (Phi) is 5.27. The summed E-state index contributed by atoms with van der Waals surface area (Å²) in [7, 11) is 0. The highest BCUT2D eigenvalue weighted by atomic mass is 32.1. The third-order valence-corrected chi connectivity index (χ3v) is 5.86. The normalized spacial score (nSPS) is 16.1. The minimum atomic E-state index is 0.727. The molecule has 1 aromatic heterocycles. The maximum absolute atomic E-state index is 4.94. The molecule has 0 bridgehead atoms. The number of nitrogens with zero attached hydrogens (tertiary/aromatic N) is 1. The van der Waals surface area contributed by atoms with Crippen LogP contribution in [0.1, 0.15) is 59.3 Å². The van der Waals surface area contributed by atoms with Crippen molar-refractivity contribution >= 4 is 11.3 Å². The maximum Gasteiger partial charge on any atom is 0.0975 e. The standard InChI is InChI=1S/C19H26N2S/c1-3-14-5-7-15(8-6-14)13-18-21-17(4-2)19(22-18)16-9-11-20-12-10-16/h5-8,16,20H,3-4,9-13H2,1-2H3. The van der Waals surface area contributed by atoms with E-state index in [1.807, 2.05) is 11.3 Å². The predicted octanol–water partition coefficient (Wildman–Crippen LogP) is 4.33. The van der Waals surface area contributed by atoms with Crippen molar-refractivity contribution < 1.29 is 0 Å². The number of thiazole rings is 1. The zero-order chi connectivity index (χ0) is 15.4. The van der Waals surface area contributed by atoms with E-state index in [0.717, 1.165) is 38.3 Å². The van der Waals surface area contributed by atoms with Crippen LogP contribution >= 0.6 is 11.3 Å². The van der Waals surface area contributed by atoms with E-state index in [1.54, 1.807) is 4.88 Å². The van der Waals surface area contributed by atoms with Crippen molar-refractivity contribution in [1.29, 1.82) is 0 Å². The van der Waals surface area contributed by atoms with Gasteiger partial charge < -0.3 is 5.32 Å². The molecule has 2 heterocycles. The van der Waals surface area contributed by atoms with Gasteiger partial charge in [-0.15, -0.1) is 11.3 Å². The summed E-state index contributed by atoms with van der Waals surface area (Å²) < 4.78 is 0. The highest BCUT2D eigenvalue weighted by Crippen LogP contribution is 2.34. The fraction of sp³-hybridized carbons (Fsp3) is 0.526. The van der Waals surface area contributed by atoms with Gasteiger partial charge in [-0.1, -0.05) is 38.1 Å². The summed E-state index contributed by atoms with van der Waals surface area (Å²) in [5.41, 5.74) is 4.13. The van der Waals surface area contributed by atoms with Crippen molar-refractivity contribution in [1.82, 2.24) is 10.3 Å². The Balaban J connectivity index is 1.77. The molecule has 22 heavy (non-hydrogen) atoms. The smallest absolute Gasteiger partial charge is 0.0975 e. The molecule has 1 aliphatic heterocycles. The average Bonchev–Trinajstić information content (AvgIpc) is 2.99. The molecule has 2 nitrogen and oxygen atoms in total. The second kappa shape index (κ2) is 7.38. The lowest BCUT2D eigenvalue weighted by Gasteiger charge is -2.22. The molecule has 118 valence electrons. The molecule has 0 unspecified atom stereocenters. The summed E-state index contributed by atoms with van der Waals surface area (Å²) in [5, 5.41) is 4.75. The summed E-state index contributed by atoms with van der Waals surface area (Å²) in [6.07, 6.45) is 5.67. The monoisotopic (exact) mass is 314 g/mol. The molecule has 1 N–H and O–H groups in total. The Morgan fingerprint density at radius 1 is 1.05 bits per heavy atom. The van der Waals surface area contributed by atoms with E-state index in [9.17, 15) is 0 Å². The van der Waals surface area contributed by atoms with Gasteiger partial charge in [0.2, 0.25) is 0 Å². The molecular weight excluding hydrogens is 288 g/mol. The van der Waals surface area contributed by atoms with Crippen LogP contribution in [-0.2, 0) is 19.3 Å². The lowest BCUT2D eigenvalue weighted by atomic mass is 9.95. The molecule has 0 amide bonds. The largest absolute Gasteiger partial charge is 0.317 e. The minimum Gasteiger partial charge on any atom is -0.317 e. The van der Waals surface area contributed by atoms with Gasteiger partial charge in [0.15, 0.2) is 0 Å². The van der Waals surface area contributed by atoms with Gasteiger partial charge >= 0.3 is 0 Å². The summed E-state index contributed by atoms with van der Waals surface area (Å²) in [6, 6.07) is 9.01. The minimum absolute atomic E-state index is 0.727. The molecule has 0 saturated carbocycles. The summed E-state index contributed by atoms with van der Waals surface area (Å²) >= 11 is 1.96. The van der Waals surface area contributed by atoms with Gasteiger partial charge in [0.25, 0.3) is 0 Å². The highest BCUT2D eigenvalue weighted by molar-refractivity contribution is 7.11. The van der Waals surface area contributed by atoms with E-state index < -0.39 is 0 Å². The van der Waals surface area contributed by atoms with Crippen LogP contribution in [0.4, 0.5) is 0 Å². The van der Waals surface area contributed by atoms with Crippen molar-refractivity contribution in [3.8, 4) is 0 Å². The second-order valence-corrected chi connectivity index (χ2v) is 7.26. The van der Waals surface area contributed by atoms with Crippen molar-refractivity contribution in [2.24, 2.45) is 0 Å². The number of aryl methyl sites for hydroxylation is 2. The zero-order valence-electron chi connectivity index (χ0n) is 13.7. The lowest BCUT2D eigenvalue weighted by molar-refractivity contribution is 0.463. The first-order chi connectivity index (χ1) is 10.8. The summed E-state index contributed by atoms with van der Waals surface area (Å²) in [5.74, 6) is 0.727. The Bertz CT molecular complexity index is 594. The summed E-state index contributed by atoms with van der Waals surface area (Å²) in [6.45, 7) is 6.74. The van der Waals surface area contributed by atoms with Gasteiger partial charge in [0.1, 0.15) is 0 Å². The molecule has 0 atom stereocenters. The Labute approximate surface area is 138 Å². The van der Waals surface area contributed by atoms with Crippen molar-refractivity contribution in [3.05, 3.63) is 51.0 Å². The van der Waals surface area contributed by atoms with Crippen LogP contribution in [-0.4, -0.2) is 18.1 Å². The third kappa shape index (κ3) is 3.58. The van der Waals surface area contributed by atoms with Crippen LogP contribution < -0.4 is 5.32 Å². The Morgan fingerprint density at radius 3 is 2.36 bits per heavy atom. The van der Waals surface area contributed by atoms with Crippen molar-refractivity contribution in [2.45, 2.75) is 51.9 Å². The van der Waals surface area contributed by atoms with E-state index in [4.69, 9.17) is 4.98 Å². The van der Waals surface area contributed by atoms with Crippen molar-refractivity contribution in [2.75, 3.05) is 13.1 Å². The fourth-order valence-electron chi connectivity index (χ4n) is 3.21. The van der Waals surface area contributed by atoms with Crippen LogP contribution in [0.25, 0.3) is 0 Å². The highest BCUT2D eigenvalue weighted by Gasteiger charge is 2.21. The first-order valence-corrected chi connectivity index (χ1v) is 9.38. The molecule has 2 aromatic rings. The number of hydrogen-bond acceptors (Lipinski definition) is 3. The van der Waals surface area contributed by atoms with Crippen LogP contribution in [0.2, 0.25) is 0 Å². The molecule has 0 radical (unpaired) electrons. The SMILES string of the molecule is CCc1ccc(Cc2nc(CC)c(C3CCNCC3)s2)cc1. The second-order valence-electron chi connectivity index (χ2n) is 6.14. The molecule has 3 rings (SSSR count). The maximum atomic E-state index is 4.94. The molecular formula is C19H26N2S. The summed E-state index contributed by atoms with van der Waals surface area (Å²) in [4.78, 5) is 6.50. The van der Waals surface area contributed by atoms with E-state index in [1.165, 1.54) is 34.7 Å². The van der Waals surface area contributed by atoms with E-state index in [0.29, 0.717) is 0 Å². The van der Waals surface area contributed by atoms with Crippen molar-refractivity contribution in [3.63, 3.8) is 0 Å². The lowest BCUT2D eigenvalue weighted by Crippen LogP contribution is -2.26. The molecule has 3 heteroatoms. The van der Waals surface area contributed by atoms with Gasteiger partial charge in [0.05, 0.1) is 10.7 Å². The van der Waals surface area contributed by atoms with Gasteiger partial charge in [-0.2, -0.15) is 0 Å². The third-order valence-electron chi connectivity index (χ3n) is 4.60. The van der Waals surface area contributed by atoms with Gasteiger partial charge in [0, 0.05) is 11.3 Å². The van der Waals surface area contributed by atoms with Crippen LogP contribution in [0, 0.1) is 0 Å². The van der Waals surface area contributed by atoms with E-state index >= 15 is 0 Å². The number of rotatable bonds is 5. The van der Waals surface area contributed by atoms with Crippen LogP contribution in [0.3, 0.4) is 0 Å². The van der Waals surface area contributed by atoms with Crippen LogP contribution in [0.5, 0.6) is 0 Å². The number of piperidine rings is 1. The Morgan fingerprint density at radius 2 is 1.73 bits per heavy atom. The topological polar surface area (TPSA) is 24.9 Å². The number of benzene rings is 1.